The summed E-state index contributed by atoms with van der Waals surface area (Å²) in [5, 5.41) is 6.70. The van der Waals surface area contributed by atoms with Crippen LogP contribution in [0.4, 0.5) is 0 Å². The second kappa shape index (κ2) is 6.54. The number of nitrogens with one attached hydrogen (secondary N) is 1. The molecule has 0 bridgehead atoms. The van der Waals surface area contributed by atoms with Crippen LogP contribution < -0.4 is 5.32 Å². The molecular weight excluding hydrogens is 258 g/mol. The van der Waals surface area contributed by atoms with Gasteiger partial charge in [0.1, 0.15) is 12.3 Å². The quantitative estimate of drug-likeness (QED) is 0.900. The van der Waals surface area contributed by atoms with Crippen molar-refractivity contribution in [1.29, 1.82) is 0 Å². The van der Waals surface area contributed by atoms with Gasteiger partial charge >= 0.3 is 0 Å². The van der Waals surface area contributed by atoms with Crippen molar-refractivity contribution in [3.05, 3.63) is 17.5 Å². The molecule has 0 spiro atoms. The first-order valence-corrected chi connectivity index (χ1v) is 7.08. The van der Waals surface area contributed by atoms with Crippen LogP contribution in [0.1, 0.15) is 43.9 Å². The highest BCUT2D eigenvalue weighted by Gasteiger charge is 2.26. The standard InChI is InChI=1S/C14H21N3O3/c1-3-11-10(9-20-16-11)8-17(2)14(19)12-6-4-5-7-13(18)15-12/h9,12H,3-8H2,1-2H3,(H,15,18). The summed E-state index contributed by atoms with van der Waals surface area (Å²) in [7, 11) is 1.74. The van der Waals surface area contributed by atoms with Crippen LogP contribution in [0, 0.1) is 0 Å². The summed E-state index contributed by atoms with van der Waals surface area (Å²) in [6, 6.07) is -0.403. The fourth-order valence-corrected chi connectivity index (χ4v) is 2.46. The van der Waals surface area contributed by atoms with Gasteiger partial charge in [-0.2, -0.15) is 0 Å². The van der Waals surface area contributed by atoms with E-state index in [1.165, 1.54) is 0 Å². The zero-order valence-electron chi connectivity index (χ0n) is 12.0. The first kappa shape index (κ1) is 14.6. The van der Waals surface area contributed by atoms with Gasteiger partial charge in [0, 0.05) is 19.0 Å². The number of rotatable bonds is 4. The van der Waals surface area contributed by atoms with Crippen LogP contribution in [-0.2, 0) is 22.6 Å². The Morgan fingerprint density at radius 3 is 3.10 bits per heavy atom. The average Bonchev–Trinajstić information content (AvgIpc) is 2.77. The van der Waals surface area contributed by atoms with Crippen molar-refractivity contribution in [1.82, 2.24) is 15.4 Å². The molecule has 1 aliphatic rings. The van der Waals surface area contributed by atoms with Crippen molar-refractivity contribution < 1.29 is 14.1 Å². The van der Waals surface area contributed by atoms with E-state index in [9.17, 15) is 9.59 Å². The maximum atomic E-state index is 12.4. The Hall–Kier alpha value is -1.85. The molecule has 1 N–H and O–H groups in total. The van der Waals surface area contributed by atoms with E-state index in [4.69, 9.17) is 4.52 Å². The molecule has 6 nitrogen and oxygen atoms in total. The van der Waals surface area contributed by atoms with Gasteiger partial charge in [0.15, 0.2) is 0 Å². The van der Waals surface area contributed by atoms with Crippen LogP contribution in [0.15, 0.2) is 10.8 Å². The van der Waals surface area contributed by atoms with Crippen molar-refractivity contribution in [2.75, 3.05) is 7.05 Å². The summed E-state index contributed by atoms with van der Waals surface area (Å²) in [5.41, 5.74) is 1.79. The van der Waals surface area contributed by atoms with Gasteiger partial charge in [-0.1, -0.05) is 18.5 Å². The first-order valence-electron chi connectivity index (χ1n) is 7.08. The van der Waals surface area contributed by atoms with Crippen LogP contribution in [-0.4, -0.2) is 35.0 Å². The molecule has 1 aliphatic heterocycles. The fourth-order valence-electron chi connectivity index (χ4n) is 2.46. The number of nitrogens with zero attached hydrogens (tertiary/aromatic N) is 2. The third kappa shape index (κ3) is 3.37. The Morgan fingerprint density at radius 1 is 1.55 bits per heavy atom. The van der Waals surface area contributed by atoms with E-state index < -0.39 is 6.04 Å². The van der Waals surface area contributed by atoms with Gasteiger partial charge in [-0.05, 0) is 19.3 Å². The second-order valence-corrected chi connectivity index (χ2v) is 5.20. The Kier molecular flexibility index (Phi) is 4.76. The predicted molar refractivity (Wildman–Crippen MR) is 72.8 cm³/mol. The molecule has 0 aliphatic carbocycles. The zero-order valence-corrected chi connectivity index (χ0v) is 12.0. The Labute approximate surface area is 118 Å². The summed E-state index contributed by atoms with van der Waals surface area (Å²) >= 11 is 0. The number of amides is 2. The lowest BCUT2D eigenvalue weighted by Crippen LogP contribution is -2.46. The number of aryl methyl sites for hydroxylation is 1. The smallest absolute Gasteiger partial charge is 0.245 e. The largest absolute Gasteiger partial charge is 0.364 e. The molecule has 2 rings (SSSR count). The lowest BCUT2D eigenvalue weighted by molar-refractivity contribution is -0.135. The van der Waals surface area contributed by atoms with Gasteiger partial charge in [0.2, 0.25) is 11.8 Å². The lowest BCUT2D eigenvalue weighted by Gasteiger charge is -2.23. The molecule has 1 aromatic rings. The van der Waals surface area contributed by atoms with E-state index in [-0.39, 0.29) is 11.8 Å². The second-order valence-electron chi connectivity index (χ2n) is 5.20. The number of carbonyl (C=O) groups is 2. The van der Waals surface area contributed by atoms with Crippen LogP contribution in [0.2, 0.25) is 0 Å². The SMILES string of the molecule is CCc1nocc1CN(C)C(=O)C1CCCCC(=O)N1. The minimum absolute atomic E-state index is 0.0338. The minimum Gasteiger partial charge on any atom is -0.364 e. The molecule has 0 radical (unpaired) electrons. The summed E-state index contributed by atoms with van der Waals surface area (Å²) in [5.74, 6) is -0.0861. The van der Waals surface area contributed by atoms with Crippen LogP contribution in [0.5, 0.6) is 0 Å². The van der Waals surface area contributed by atoms with Gasteiger partial charge in [0.25, 0.3) is 0 Å². The van der Waals surface area contributed by atoms with E-state index in [2.05, 4.69) is 10.5 Å². The molecule has 1 unspecified atom stereocenters. The number of hydrogen-bond acceptors (Lipinski definition) is 4. The molecule has 2 heterocycles. The van der Waals surface area contributed by atoms with Crippen molar-refractivity contribution >= 4 is 11.8 Å². The molecule has 1 saturated heterocycles. The number of likely N-dealkylation sites (N-methyl/N-ethyl adjacent to an activating group) is 1. The molecule has 20 heavy (non-hydrogen) atoms. The highest BCUT2D eigenvalue weighted by molar-refractivity contribution is 5.87. The Bertz CT molecular complexity index is 484. The Morgan fingerprint density at radius 2 is 2.35 bits per heavy atom. The van der Waals surface area contributed by atoms with Gasteiger partial charge in [0.05, 0.1) is 12.2 Å². The number of aromatic nitrogens is 1. The van der Waals surface area contributed by atoms with Crippen molar-refractivity contribution in [3.63, 3.8) is 0 Å². The molecule has 110 valence electrons. The summed E-state index contributed by atoms with van der Waals surface area (Å²) in [4.78, 5) is 25.5. The van der Waals surface area contributed by atoms with Crippen LogP contribution in [0.25, 0.3) is 0 Å². The van der Waals surface area contributed by atoms with Crippen LogP contribution in [0.3, 0.4) is 0 Å². The minimum atomic E-state index is -0.403. The highest BCUT2D eigenvalue weighted by atomic mass is 16.5. The normalized spacial score (nSPS) is 19.3. The molecule has 0 aromatic carbocycles. The highest BCUT2D eigenvalue weighted by Crippen LogP contribution is 2.14. The Balaban J connectivity index is 1.99. The van der Waals surface area contributed by atoms with Crippen molar-refractivity contribution in [3.8, 4) is 0 Å². The van der Waals surface area contributed by atoms with Gasteiger partial charge < -0.3 is 14.7 Å². The molecule has 1 fully saturated rings. The van der Waals surface area contributed by atoms with E-state index in [1.807, 2.05) is 6.92 Å². The third-order valence-corrected chi connectivity index (χ3v) is 3.63. The van der Waals surface area contributed by atoms with Gasteiger partial charge in [-0.3, -0.25) is 9.59 Å². The predicted octanol–water partition coefficient (Wildman–Crippen LogP) is 1.25. The van der Waals surface area contributed by atoms with E-state index in [1.54, 1.807) is 18.2 Å². The fraction of sp³-hybridized carbons (Fsp3) is 0.643. The average molecular weight is 279 g/mol. The van der Waals surface area contributed by atoms with Gasteiger partial charge in [-0.25, -0.2) is 0 Å². The third-order valence-electron chi connectivity index (χ3n) is 3.63. The summed E-state index contributed by atoms with van der Waals surface area (Å²) < 4.78 is 4.94. The van der Waals surface area contributed by atoms with Gasteiger partial charge in [-0.15, -0.1) is 0 Å². The lowest BCUT2D eigenvalue weighted by atomic mass is 10.1. The molecule has 0 saturated carbocycles. The van der Waals surface area contributed by atoms with E-state index in [0.717, 1.165) is 30.5 Å². The van der Waals surface area contributed by atoms with Crippen LogP contribution >= 0.6 is 0 Å². The molecule has 2 amide bonds. The van der Waals surface area contributed by atoms with E-state index >= 15 is 0 Å². The summed E-state index contributed by atoms with van der Waals surface area (Å²) in [6.07, 6.45) is 5.32. The zero-order chi connectivity index (χ0) is 14.5. The first-order chi connectivity index (χ1) is 9.61. The van der Waals surface area contributed by atoms with Crippen molar-refractivity contribution in [2.45, 2.75) is 51.6 Å². The number of hydrogen-bond donors (Lipinski definition) is 1. The molecule has 6 heteroatoms. The molecule has 1 atom stereocenters. The maximum Gasteiger partial charge on any atom is 0.245 e. The summed E-state index contributed by atoms with van der Waals surface area (Å²) in [6.45, 7) is 2.45. The maximum absolute atomic E-state index is 12.4. The van der Waals surface area contributed by atoms with E-state index in [0.29, 0.717) is 19.4 Å². The topological polar surface area (TPSA) is 75.4 Å². The molecule has 1 aromatic heterocycles. The number of carbonyl (C=O) groups excluding carboxylic acids is 2. The monoisotopic (exact) mass is 279 g/mol. The molecular formula is C14H21N3O3. The van der Waals surface area contributed by atoms with Crippen molar-refractivity contribution in [2.24, 2.45) is 0 Å².